The number of rotatable bonds is 4. The first-order valence-corrected chi connectivity index (χ1v) is 7.21. The van der Waals surface area contributed by atoms with Crippen molar-refractivity contribution < 1.29 is 4.79 Å². The smallest absolute Gasteiger partial charge is 0.162 e. The molecule has 1 aromatic heterocycles. The molecule has 0 saturated heterocycles. The molecule has 98 valence electrons. The van der Waals surface area contributed by atoms with Gasteiger partial charge in [-0.15, -0.1) is 0 Å². The summed E-state index contributed by atoms with van der Waals surface area (Å²) in [4.78, 5) is 16.5. The Balaban J connectivity index is 1.70. The molecule has 1 heterocycles. The molecule has 0 unspecified atom stereocenters. The van der Waals surface area contributed by atoms with Crippen LogP contribution in [0.2, 0.25) is 0 Å². The van der Waals surface area contributed by atoms with Crippen LogP contribution >= 0.6 is 0 Å². The van der Waals surface area contributed by atoms with Crippen LogP contribution in [-0.2, 0) is 0 Å². The summed E-state index contributed by atoms with van der Waals surface area (Å²) in [6.45, 7) is 0. The number of benzene rings is 1. The van der Waals surface area contributed by atoms with Crippen LogP contribution in [0, 0.1) is 5.92 Å². The predicted molar refractivity (Wildman–Crippen MR) is 77.3 cm³/mol. The maximum absolute atomic E-state index is 12.2. The van der Waals surface area contributed by atoms with E-state index in [1.807, 2.05) is 30.3 Å². The molecule has 19 heavy (non-hydrogen) atoms. The molecular formula is C17H19NO. The Morgan fingerprint density at radius 2 is 2.05 bits per heavy atom. The monoisotopic (exact) mass is 253 g/mol. The highest BCUT2D eigenvalue weighted by atomic mass is 16.1. The van der Waals surface area contributed by atoms with Gasteiger partial charge in [0.2, 0.25) is 0 Å². The lowest BCUT2D eigenvalue weighted by atomic mass is 9.97. The number of carbonyl (C=O) groups excluding carboxylic acids is 1. The van der Waals surface area contributed by atoms with Gasteiger partial charge >= 0.3 is 0 Å². The van der Waals surface area contributed by atoms with E-state index < -0.39 is 0 Å². The third-order valence-electron chi connectivity index (χ3n) is 4.18. The number of aromatic nitrogens is 1. The molecule has 2 aromatic rings. The Kier molecular flexibility index (Phi) is 3.58. The summed E-state index contributed by atoms with van der Waals surface area (Å²) in [5.41, 5.74) is 1.79. The third-order valence-corrected chi connectivity index (χ3v) is 4.18. The van der Waals surface area contributed by atoms with Gasteiger partial charge in [0.15, 0.2) is 5.78 Å². The van der Waals surface area contributed by atoms with Gasteiger partial charge in [0.25, 0.3) is 0 Å². The van der Waals surface area contributed by atoms with E-state index in [1.54, 1.807) is 6.20 Å². The SMILES string of the molecule is O=C(CCC1CCCC1)c1ccc2ncccc2c1. The maximum Gasteiger partial charge on any atom is 0.162 e. The van der Waals surface area contributed by atoms with Gasteiger partial charge in [-0.2, -0.15) is 0 Å². The first-order chi connectivity index (χ1) is 9.33. The van der Waals surface area contributed by atoms with Crippen molar-refractivity contribution in [3.05, 3.63) is 42.1 Å². The molecule has 1 aliphatic rings. The fourth-order valence-corrected chi connectivity index (χ4v) is 3.03. The minimum Gasteiger partial charge on any atom is -0.294 e. The van der Waals surface area contributed by atoms with Crippen molar-refractivity contribution in [2.75, 3.05) is 0 Å². The van der Waals surface area contributed by atoms with Crippen molar-refractivity contribution in [1.82, 2.24) is 4.98 Å². The summed E-state index contributed by atoms with van der Waals surface area (Å²) in [6.07, 6.45) is 8.86. The fraction of sp³-hybridized carbons (Fsp3) is 0.412. The normalized spacial score (nSPS) is 16.0. The average Bonchev–Trinajstić information content (AvgIpc) is 2.97. The topological polar surface area (TPSA) is 30.0 Å². The van der Waals surface area contributed by atoms with Gasteiger partial charge < -0.3 is 0 Å². The second-order valence-corrected chi connectivity index (χ2v) is 5.52. The quantitative estimate of drug-likeness (QED) is 0.756. The number of ketones is 1. The number of hydrogen-bond donors (Lipinski definition) is 0. The number of pyridine rings is 1. The zero-order chi connectivity index (χ0) is 13.1. The van der Waals surface area contributed by atoms with Crippen molar-refractivity contribution in [2.24, 2.45) is 5.92 Å². The Morgan fingerprint density at radius 3 is 2.89 bits per heavy atom. The lowest BCUT2D eigenvalue weighted by molar-refractivity contribution is 0.0974. The van der Waals surface area contributed by atoms with Crippen LogP contribution in [0.4, 0.5) is 0 Å². The van der Waals surface area contributed by atoms with Crippen molar-refractivity contribution in [3.63, 3.8) is 0 Å². The lowest BCUT2D eigenvalue weighted by Gasteiger charge is -2.08. The fourth-order valence-electron chi connectivity index (χ4n) is 3.03. The Bertz CT molecular complexity index is 585. The second-order valence-electron chi connectivity index (χ2n) is 5.52. The Labute approximate surface area is 113 Å². The molecule has 2 heteroatoms. The molecule has 2 nitrogen and oxygen atoms in total. The molecule has 0 bridgehead atoms. The van der Waals surface area contributed by atoms with Gasteiger partial charge in [0, 0.05) is 23.6 Å². The molecule has 0 aliphatic heterocycles. The zero-order valence-corrected chi connectivity index (χ0v) is 11.1. The maximum atomic E-state index is 12.2. The molecule has 1 saturated carbocycles. The van der Waals surface area contributed by atoms with E-state index in [-0.39, 0.29) is 5.78 Å². The number of Topliss-reactive ketones (excluding diaryl/α,β-unsaturated/α-hetero) is 1. The predicted octanol–water partition coefficient (Wildman–Crippen LogP) is 4.39. The summed E-state index contributed by atoms with van der Waals surface area (Å²) in [6, 6.07) is 9.75. The van der Waals surface area contributed by atoms with E-state index in [0.717, 1.165) is 28.8 Å². The minimum absolute atomic E-state index is 0.276. The summed E-state index contributed by atoms with van der Waals surface area (Å²) in [5.74, 6) is 1.06. The van der Waals surface area contributed by atoms with E-state index >= 15 is 0 Å². The molecule has 0 amide bonds. The Morgan fingerprint density at radius 1 is 1.21 bits per heavy atom. The molecule has 1 aromatic carbocycles. The Hall–Kier alpha value is -1.70. The van der Waals surface area contributed by atoms with Crippen LogP contribution in [0.15, 0.2) is 36.5 Å². The number of nitrogens with zero attached hydrogens (tertiary/aromatic N) is 1. The lowest BCUT2D eigenvalue weighted by Crippen LogP contribution is -2.03. The molecule has 0 atom stereocenters. The molecule has 0 N–H and O–H groups in total. The molecule has 0 radical (unpaired) electrons. The third kappa shape index (κ3) is 2.83. The van der Waals surface area contributed by atoms with E-state index in [2.05, 4.69) is 4.98 Å². The van der Waals surface area contributed by atoms with Gasteiger partial charge in [0.05, 0.1) is 5.52 Å². The van der Waals surface area contributed by atoms with Gasteiger partial charge in [-0.25, -0.2) is 0 Å². The van der Waals surface area contributed by atoms with Gasteiger partial charge in [-0.1, -0.05) is 31.7 Å². The van der Waals surface area contributed by atoms with Crippen molar-refractivity contribution >= 4 is 16.7 Å². The standard InChI is InChI=1S/C17H19NO/c19-17(10-7-13-4-1-2-5-13)15-8-9-16-14(12-15)6-3-11-18-16/h3,6,8-9,11-13H,1-2,4-5,7,10H2. The molecule has 0 spiro atoms. The highest BCUT2D eigenvalue weighted by Crippen LogP contribution is 2.29. The van der Waals surface area contributed by atoms with E-state index in [4.69, 9.17) is 0 Å². The largest absolute Gasteiger partial charge is 0.294 e. The first-order valence-electron chi connectivity index (χ1n) is 7.21. The average molecular weight is 253 g/mol. The van der Waals surface area contributed by atoms with E-state index in [1.165, 1.54) is 25.7 Å². The van der Waals surface area contributed by atoms with Crippen molar-refractivity contribution in [3.8, 4) is 0 Å². The van der Waals surface area contributed by atoms with E-state index in [0.29, 0.717) is 6.42 Å². The second kappa shape index (κ2) is 5.52. The van der Waals surface area contributed by atoms with Crippen LogP contribution in [0.25, 0.3) is 10.9 Å². The molecule has 1 aliphatic carbocycles. The van der Waals surface area contributed by atoms with Gasteiger partial charge in [0.1, 0.15) is 0 Å². The summed E-state index contributed by atoms with van der Waals surface area (Å²) in [5, 5.41) is 1.05. The van der Waals surface area contributed by atoms with Crippen molar-refractivity contribution in [2.45, 2.75) is 38.5 Å². The summed E-state index contributed by atoms with van der Waals surface area (Å²) >= 11 is 0. The zero-order valence-electron chi connectivity index (χ0n) is 11.1. The van der Waals surface area contributed by atoms with Crippen LogP contribution < -0.4 is 0 Å². The molecule has 3 rings (SSSR count). The van der Waals surface area contributed by atoms with Crippen LogP contribution in [0.1, 0.15) is 48.9 Å². The molecular weight excluding hydrogens is 234 g/mol. The summed E-state index contributed by atoms with van der Waals surface area (Å²) in [7, 11) is 0. The number of fused-ring (bicyclic) bond motifs is 1. The minimum atomic E-state index is 0.276. The highest BCUT2D eigenvalue weighted by Gasteiger charge is 2.16. The molecule has 1 fully saturated rings. The highest BCUT2D eigenvalue weighted by molar-refractivity contribution is 5.99. The van der Waals surface area contributed by atoms with Crippen LogP contribution in [0.5, 0.6) is 0 Å². The number of hydrogen-bond acceptors (Lipinski definition) is 2. The van der Waals surface area contributed by atoms with Crippen LogP contribution in [0.3, 0.4) is 0 Å². The van der Waals surface area contributed by atoms with Gasteiger partial charge in [-0.05, 0) is 36.6 Å². The summed E-state index contributed by atoms with van der Waals surface area (Å²) < 4.78 is 0. The van der Waals surface area contributed by atoms with E-state index in [9.17, 15) is 4.79 Å². The van der Waals surface area contributed by atoms with Crippen LogP contribution in [-0.4, -0.2) is 10.8 Å². The number of carbonyl (C=O) groups is 1. The van der Waals surface area contributed by atoms with Crippen molar-refractivity contribution in [1.29, 1.82) is 0 Å². The van der Waals surface area contributed by atoms with Gasteiger partial charge in [-0.3, -0.25) is 9.78 Å². The first kappa shape index (κ1) is 12.3.